The molecule has 5 aromatic rings. The van der Waals surface area contributed by atoms with Gasteiger partial charge in [0.2, 0.25) is 11.8 Å². The molecule has 7 rings (SSSR count). The smallest absolute Gasteiger partial charge is 0.480 e. The maximum absolute atomic E-state index is 13.6. The van der Waals surface area contributed by atoms with E-state index in [1.807, 2.05) is 45.9 Å². The Morgan fingerprint density at radius 2 is 0.946 bits per heavy atom. The Labute approximate surface area is 424 Å². The molecule has 386 valence electrons. The second kappa shape index (κ2) is 22.2. The third-order valence-electron chi connectivity index (χ3n) is 12.7. The Morgan fingerprint density at radius 3 is 1.31 bits per heavy atom. The number of aliphatic carboxylic acids is 2. The van der Waals surface area contributed by atoms with Crippen molar-refractivity contribution in [1.29, 1.82) is 0 Å². The number of amides is 2. The summed E-state index contributed by atoms with van der Waals surface area (Å²) >= 11 is 0. The number of carboxylic acids is 2. The number of aromatic nitrogens is 4. The molecule has 0 fully saturated rings. The van der Waals surface area contributed by atoms with Gasteiger partial charge in [-0.25, -0.2) is 28.7 Å². The first-order valence-corrected chi connectivity index (χ1v) is 26.1. The van der Waals surface area contributed by atoms with Gasteiger partial charge < -0.3 is 39.9 Å². The predicted octanol–water partition coefficient (Wildman–Crippen LogP) is 8.21. The summed E-state index contributed by atoms with van der Waals surface area (Å²) in [5.41, 5.74) is 12.4. The van der Waals surface area contributed by atoms with E-state index >= 15 is 0 Å². The second-order valence-electron chi connectivity index (χ2n) is 17.7. The number of aromatic amines is 2. The van der Waals surface area contributed by atoms with E-state index in [-0.39, 0.29) is 50.0 Å². The fraction of sp³-hybridized carbons (Fsp3) is 0.231. The van der Waals surface area contributed by atoms with E-state index in [0.717, 1.165) is 55.5 Å². The molecule has 2 aliphatic heterocycles. The van der Waals surface area contributed by atoms with Crippen molar-refractivity contribution in [2.45, 2.75) is 78.3 Å². The molecular weight excluding hydrogens is 995 g/mol. The van der Waals surface area contributed by atoms with Gasteiger partial charge in [-0.2, -0.15) is 0 Å². The van der Waals surface area contributed by atoms with E-state index in [2.05, 4.69) is 42.8 Å². The van der Waals surface area contributed by atoms with E-state index in [1.54, 1.807) is 18.2 Å². The molecule has 0 saturated heterocycles. The number of phosphoric ester groups is 2. The summed E-state index contributed by atoms with van der Waals surface area (Å²) in [6, 6.07) is 15.7. The van der Waals surface area contributed by atoms with Crippen LogP contribution in [0.1, 0.15) is 95.7 Å². The maximum Gasteiger partial charge on any atom is 0.524 e. The average molecular weight is 1050 g/mol. The van der Waals surface area contributed by atoms with E-state index < -0.39 is 51.5 Å². The van der Waals surface area contributed by atoms with Gasteiger partial charge in [0, 0.05) is 58.9 Å². The zero-order valence-corrected chi connectivity index (χ0v) is 42.4. The van der Waals surface area contributed by atoms with Crippen LogP contribution in [0.25, 0.3) is 56.5 Å². The minimum atomic E-state index is -4.82. The normalized spacial score (nSPS) is 13.5. The summed E-state index contributed by atoms with van der Waals surface area (Å²) in [7, 11) is -9.63. The summed E-state index contributed by atoms with van der Waals surface area (Å²) in [5, 5.41) is 25.4. The van der Waals surface area contributed by atoms with Crippen molar-refractivity contribution in [3.8, 4) is 11.5 Å². The maximum atomic E-state index is 13.6. The van der Waals surface area contributed by atoms with E-state index in [1.165, 1.54) is 48.5 Å². The molecule has 2 amide bonds. The summed E-state index contributed by atoms with van der Waals surface area (Å²) in [5.74, 6) is -3.98. The highest BCUT2D eigenvalue weighted by Gasteiger charge is 2.27. The zero-order valence-electron chi connectivity index (χ0n) is 40.6. The van der Waals surface area contributed by atoms with Crippen molar-refractivity contribution >= 4 is 95.9 Å². The molecule has 3 aromatic heterocycles. The summed E-state index contributed by atoms with van der Waals surface area (Å²) in [4.78, 5) is 106. The number of nitrogens with zero attached hydrogens (tertiary/aromatic N) is 2. The summed E-state index contributed by atoms with van der Waals surface area (Å²) in [6.45, 7) is 15.8. The van der Waals surface area contributed by atoms with Crippen molar-refractivity contribution < 1.29 is 67.1 Å². The molecule has 2 aliphatic rings. The van der Waals surface area contributed by atoms with Gasteiger partial charge in [0.15, 0.2) is 0 Å². The van der Waals surface area contributed by atoms with Crippen LogP contribution in [0.5, 0.6) is 11.5 Å². The Hall–Kier alpha value is -7.70. The predicted molar refractivity (Wildman–Crippen MR) is 279 cm³/mol. The van der Waals surface area contributed by atoms with Gasteiger partial charge in [0.1, 0.15) is 23.6 Å². The van der Waals surface area contributed by atoms with Crippen LogP contribution in [0.15, 0.2) is 86.0 Å². The first-order valence-electron chi connectivity index (χ1n) is 23.0. The van der Waals surface area contributed by atoms with Gasteiger partial charge in [0.05, 0.1) is 22.8 Å². The molecular formula is C52H54N6O14P2. The van der Waals surface area contributed by atoms with Gasteiger partial charge in [-0.3, -0.25) is 29.2 Å². The SMILES string of the molecule is C=Cc1c(C)c2cc3[nH]c(cc4nc(cc5nc(cc1[nH]2)C(C)=C5CCC(=O)N[C@@H](Cc1ccc(OP(=O)(O)O)cc1)C(=O)O)C(CCC(=O)N[C@@H](Cc1ccc(OP(=O)(O)O)cc1)C(=O)O)=C4C)c(C)c3C=C. The third-order valence-corrected chi connectivity index (χ3v) is 13.6. The quantitative estimate of drug-likeness (QED) is 0.0328. The van der Waals surface area contributed by atoms with Gasteiger partial charge in [0.25, 0.3) is 0 Å². The van der Waals surface area contributed by atoms with Crippen LogP contribution in [-0.2, 0) is 41.1 Å². The van der Waals surface area contributed by atoms with Crippen molar-refractivity contribution in [3.05, 3.63) is 142 Å². The standard InChI is InChI=1S/C52H54N6O14P2/c1-7-35-27(3)39-23-40-29(5)37(17-19-49(59)57-47(51(61)62)21-31-9-13-33(14-10-31)71-73(65,66)67)45(55-40)26-46-38(30(6)42(56-46)25-44-36(8-2)28(4)41(54-44)24-43(35)53-39)18-20-50(60)58-48(52(63)64)22-32-11-15-34(16-12-32)72-74(68,69)70/h7-16,23-26,47-48,53-54H,1-2,17-22H2,3-6H3,(H,57,59)(H,58,60)(H,61,62)(H,63,64)(H2,65,66,67)(H2,68,69,70)/t47-,48-/m0/s1. The van der Waals surface area contributed by atoms with E-state index in [9.17, 15) is 38.5 Å². The van der Waals surface area contributed by atoms with Gasteiger partial charge in [-0.15, -0.1) is 0 Å². The average Bonchev–Trinajstić information content (AvgIpc) is 3.99. The Bertz CT molecular complexity index is 3440. The minimum Gasteiger partial charge on any atom is -0.480 e. The Morgan fingerprint density at radius 1 is 0.581 bits per heavy atom. The zero-order chi connectivity index (χ0) is 53.8. The molecule has 10 N–H and O–H groups in total. The van der Waals surface area contributed by atoms with Crippen molar-refractivity contribution in [1.82, 2.24) is 30.6 Å². The number of fused-ring (bicyclic) bond motifs is 8. The Balaban J connectivity index is 1.24. The van der Waals surface area contributed by atoms with Gasteiger partial charge >= 0.3 is 27.6 Å². The van der Waals surface area contributed by atoms with Crippen LogP contribution in [-0.4, -0.2) is 85.6 Å². The Kier molecular flexibility index (Phi) is 16.2. The van der Waals surface area contributed by atoms with E-state index in [4.69, 9.17) is 29.5 Å². The lowest BCUT2D eigenvalue weighted by Crippen LogP contribution is -2.42. The first kappa shape index (κ1) is 54.1. The van der Waals surface area contributed by atoms with Crippen molar-refractivity contribution in [2.24, 2.45) is 0 Å². The lowest BCUT2D eigenvalue weighted by Gasteiger charge is -2.16. The molecule has 20 nitrogen and oxygen atoms in total. The number of hydrogen-bond donors (Lipinski definition) is 10. The summed E-state index contributed by atoms with van der Waals surface area (Å²) in [6.07, 6.45) is 3.17. The number of hydrogen-bond acceptors (Lipinski definition) is 10. The first-order chi connectivity index (χ1) is 34.9. The summed E-state index contributed by atoms with van der Waals surface area (Å²) < 4.78 is 31.7. The molecule has 0 unspecified atom stereocenters. The topological polar surface area (TPSA) is 324 Å². The molecule has 5 heterocycles. The molecule has 2 aromatic carbocycles. The van der Waals surface area contributed by atoms with Crippen LogP contribution >= 0.6 is 15.6 Å². The molecule has 2 atom stereocenters. The third kappa shape index (κ3) is 13.1. The largest absolute Gasteiger partial charge is 0.524 e. The number of rotatable bonds is 20. The fourth-order valence-electron chi connectivity index (χ4n) is 8.83. The van der Waals surface area contributed by atoms with E-state index in [0.29, 0.717) is 45.0 Å². The number of carboxylic acid groups (broad SMARTS) is 2. The fourth-order valence-corrected chi connectivity index (χ4v) is 9.62. The lowest BCUT2D eigenvalue weighted by atomic mass is 9.97. The molecule has 0 saturated carbocycles. The van der Waals surface area contributed by atoms with Crippen LogP contribution in [0.4, 0.5) is 0 Å². The molecule has 0 aliphatic carbocycles. The van der Waals surface area contributed by atoms with Crippen molar-refractivity contribution in [2.75, 3.05) is 0 Å². The van der Waals surface area contributed by atoms with Gasteiger partial charge in [-0.05, 0) is 134 Å². The van der Waals surface area contributed by atoms with Crippen LogP contribution < -0.4 is 19.7 Å². The minimum absolute atomic E-state index is 0.114. The number of aryl methyl sites for hydroxylation is 2. The molecule has 74 heavy (non-hydrogen) atoms. The number of carbonyl (C=O) groups excluding carboxylic acids is 2. The second-order valence-corrected chi connectivity index (χ2v) is 20.0. The molecule has 0 radical (unpaired) electrons. The highest BCUT2D eigenvalue weighted by molar-refractivity contribution is 7.47. The van der Waals surface area contributed by atoms with Crippen LogP contribution in [0.3, 0.4) is 0 Å². The molecule has 22 heteroatoms. The number of nitrogens with one attached hydrogen (secondary N) is 4. The number of allylic oxidation sites excluding steroid dienone is 4. The highest BCUT2D eigenvalue weighted by atomic mass is 31.2. The van der Waals surface area contributed by atoms with Crippen molar-refractivity contribution in [3.63, 3.8) is 0 Å². The van der Waals surface area contributed by atoms with Gasteiger partial charge in [-0.1, -0.05) is 49.6 Å². The highest BCUT2D eigenvalue weighted by Crippen LogP contribution is 2.40. The number of benzene rings is 2. The number of H-pyrrole nitrogens is 2. The van der Waals surface area contributed by atoms with Crippen LogP contribution in [0.2, 0.25) is 0 Å². The van der Waals surface area contributed by atoms with Crippen LogP contribution in [0, 0.1) is 13.8 Å². The number of carbonyl (C=O) groups is 4. The molecule has 0 spiro atoms. The number of phosphoric acid groups is 2. The lowest BCUT2D eigenvalue weighted by molar-refractivity contribution is -0.142. The monoisotopic (exact) mass is 1050 g/mol. The molecule has 8 bridgehead atoms.